The number of nitrogens with two attached hydrogens (primary N) is 1. The minimum Gasteiger partial charge on any atom is -0.384 e. The summed E-state index contributed by atoms with van der Waals surface area (Å²) in [6.07, 6.45) is 1.83. The highest BCUT2D eigenvalue weighted by atomic mass is 15.3. The number of benzene rings is 1. The van der Waals surface area contributed by atoms with Gasteiger partial charge in [-0.1, -0.05) is 32.0 Å². The monoisotopic (exact) mass is 266 g/mol. The molecule has 0 atom stereocenters. The van der Waals surface area contributed by atoms with Crippen LogP contribution in [0, 0.1) is 0 Å². The number of nitrogen functional groups attached to an aromatic ring is 1. The van der Waals surface area contributed by atoms with E-state index in [1.54, 1.807) is 4.68 Å². The van der Waals surface area contributed by atoms with Crippen LogP contribution in [-0.2, 0) is 7.05 Å². The van der Waals surface area contributed by atoms with Crippen molar-refractivity contribution < 1.29 is 0 Å². The molecule has 4 heteroatoms. The van der Waals surface area contributed by atoms with Crippen LogP contribution in [0.5, 0.6) is 0 Å². The third-order valence-electron chi connectivity index (χ3n) is 3.61. The molecule has 2 N–H and O–H groups in total. The molecule has 0 aliphatic heterocycles. The Morgan fingerprint density at radius 3 is 2.65 bits per heavy atom. The molecule has 0 spiro atoms. The standard InChI is InChI=1S/C16H18N4/c1-10(2)14-15(19-20(3)16(14)17)12-8-9-18-13-7-5-4-6-11(12)13/h4-10H,17H2,1-3H3. The molecular formula is C16H18N4. The molecule has 3 aromatic rings. The summed E-state index contributed by atoms with van der Waals surface area (Å²) in [6, 6.07) is 10.1. The molecule has 0 aliphatic carbocycles. The molecule has 3 rings (SSSR count). The normalized spacial score (nSPS) is 11.4. The maximum absolute atomic E-state index is 6.17. The third kappa shape index (κ3) is 1.84. The third-order valence-corrected chi connectivity index (χ3v) is 3.61. The molecule has 0 saturated heterocycles. The van der Waals surface area contributed by atoms with Crippen molar-refractivity contribution in [2.75, 3.05) is 5.73 Å². The summed E-state index contributed by atoms with van der Waals surface area (Å²) in [4.78, 5) is 4.41. The second-order valence-corrected chi connectivity index (χ2v) is 5.30. The van der Waals surface area contributed by atoms with E-state index >= 15 is 0 Å². The van der Waals surface area contributed by atoms with Crippen molar-refractivity contribution in [3.05, 3.63) is 42.1 Å². The summed E-state index contributed by atoms with van der Waals surface area (Å²) in [7, 11) is 1.88. The molecule has 0 saturated carbocycles. The molecule has 0 radical (unpaired) electrons. The Hall–Kier alpha value is -2.36. The van der Waals surface area contributed by atoms with Crippen molar-refractivity contribution in [3.8, 4) is 11.3 Å². The Morgan fingerprint density at radius 2 is 1.90 bits per heavy atom. The van der Waals surface area contributed by atoms with Crippen molar-refractivity contribution in [1.82, 2.24) is 14.8 Å². The lowest BCUT2D eigenvalue weighted by Crippen LogP contribution is -2.00. The molecule has 0 amide bonds. The smallest absolute Gasteiger partial charge is 0.125 e. The average molecular weight is 266 g/mol. The number of anilines is 1. The number of nitrogens with zero attached hydrogens (tertiary/aromatic N) is 3. The Kier molecular flexibility index (Phi) is 2.93. The summed E-state index contributed by atoms with van der Waals surface area (Å²) < 4.78 is 1.75. The van der Waals surface area contributed by atoms with E-state index in [9.17, 15) is 0 Å². The Bertz CT molecular complexity index is 766. The van der Waals surface area contributed by atoms with Gasteiger partial charge in [0.25, 0.3) is 0 Å². The molecule has 0 unspecified atom stereocenters. The van der Waals surface area contributed by atoms with Gasteiger partial charge in [-0.3, -0.25) is 9.67 Å². The number of rotatable bonds is 2. The predicted octanol–water partition coefficient (Wildman–Crippen LogP) is 3.34. The lowest BCUT2D eigenvalue weighted by Gasteiger charge is -2.09. The molecule has 2 heterocycles. The van der Waals surface area contributed by atoms with Crippen LogP contribution in [0.25, 0.3) is 22.2 Å². The first kappa shape index (κ1) is 12.7. The van der Waals surface area contributed by atoms with Gasteiger partial charge in [-0.25, -0.2) is 0 Å². The van der Waals surface area contributed by atoms with Gasteiger partial charge in [-0.15, -0.1) is 0 Å². The van der Waals surface area contributed by atoms with E-state index in [0.29, 0.717) is 5.92 Å². The zero-order valence-corrected chi connectivity index (χ0v) is 12.0. The molecule has 1 aromatic carbocycles. The quantitative estimate of drug-likeness (QED) is 0.774. The number of pyridine rings is 1. The number of aryl methyl sites for hydroxylation is 1. The minimum atomic E-state index is 0.325. The molecule has 0 fully saturated rings. The van der Waals surface area contributed by atoms with Crippen LogP contribution >= 0.6 is 0 Å². The van der Waals surface area contributed by atoms with Crippen molar-refractivity contribution in [2.24, 2.45) is 7.05 Å². The van der Waals surface area contributed by atoms with Crippen LogP contribution in [0.2, 0.25) is 0 Å². The average Bonchev–Trinajstić information content (AvgIpc) is 2.74. The highest BCUT2D eigenvalue weighted by Gasteiger charge is 2.19. The van der Waals surface area contributed by atoms with Gasteiger partial charge < -0.3 is 5.73 Å². The van der Waals surface area contributed by atoms with Gasteiger partial charge in [-0.05, 0) is 18.1 Å². The van der Waals surface area contributed by atoms with Crippen LogP contribution in [0.4, 0.5) is 5.82 Å². The molecule has 4 nitrogen and oxygen atoms in total. The second-order valence-electron chi connectivity index (χ2n) is 5.30. The summed E-state index contributed by atoms with van der Waals surface area (Å²) >= 11 is 0. The van der Waals surface area contributed by atoms with Crippen molar-refractivity contribution in [1.29, 1.82) is 0 Å². The lowest BCUT2D eigenvalue weighted by molar-refractivity contribution is 0.780. The van der Waals surface area contributed by atoms with E-state index in [4.69, 9.17) is 5.73 Å². The molecule has 2 aromatic heterocycles. The van der Waals surface area contributed by atoms with Gasteiger partial charge in [-0.2, -0.15) is 5.10 Å². The van der Waals surface area contributed by atoms with E-state index in [1.165, 1.54) is 0 Å². The van der Waals surface area contributed by atoms with Crippen LogP contribution in [0.3, 0.4) is 0 Å². The summed E-state index contributed by atoms with van der Waals surface area (Å²) in [6.45, 7) is 4.28. The lowest BCUT2D eigenvalue weighted by atomic mass is 9.97. The van der Waals surface area contributed by atoms with E-state index in [1.807, 2.05) is 37.5 Å². The van der Waals surface area contributed by atoms with E-state index < -0.39 is 0 Å². The molecule has 20 heavy (non-hydrogen) atoms. The molecule has 0 bridgehead atoms. The maximum atomic E-state index is 6.17. The van der Waals surface area contributed by atoms with Crippen LogP contribution in [0.1, 0.15) is 25.3 Å². The number of para-hydroxylation sites is 1. The zero-order valence-electron chi connectivity index (χ0n) is 12.0. The largest absolute Gasteiger partial charge is 0.384 e. The summed E-state index contributed by atoms with van der Waals surface area (Å²) in [5.74, 6) is 1.06. The fourth-order valence-electron chi connectivity index (χ4n) is 2.62. The molecular weight excluding hydrogens is 248 g/mol. The molecule has 102 valence electrons. The van der Waals surface area contributed by atoms with Gasteiger partial charge in [0.05, 0.1) is 11.2 Å². The van der Waals surface area contributed by atoms with Gasteiger partial charge in [0.15, 0.2) is 0 Å². The van der Waals surface area contributed by atoms with Gasteiger partial charge in [0.2, 0.25) is 0 Å². The van der Waals surface area contributed by atoms with Crippen LogP contribution in [-0.4, -0.2) is 14.8 Å². The first-order chi connectivity index (χ1) is 9.59. The highest BCUT2D eigenvalue weighted by molar-refractivity contribution is 5.94. The van der Waals surface area contributed by atoms with Crippen molar-refractivity contribution >= 4 is 16.7 Å². The van der Waals surface area contributed by atoms with Crippen LogP contribution < -0.4 is 5.73 Å². The number of fused-ring (bicyclic) bond motifs is 1. The number of aromatic nitrogens is 3. The SMILES string of the molecule is CC(C)c1c(-c2ccnc3ccccc23)nn(C)c1N. The van der Waals surface area contributed by atoms with Crippen LogP contribution in [0.15, 0.2) is 36.5 Å². The Morgan fingerprint density at radius 1 is 1.15 bits per heavy atom. The first-order valence-corrected chi connectivity index (χ1v) is 6.76. The van der Waals surface area contributed by atoms with E-state index in [2.05, 4.69) is 30.0 Å². The Balaban J connectivity index is 2.34. The molecule has 0 aliphatic rings. The van der Waals surface area contributed by atoms with Gasteiger partial charge in [0.1, 0.15) is 5.82 Å². The summed E-state index contributed by atoms with van der Waals surface area (Å²) in [5.41, 5.74) is 10.3. The van der Waals surface area contributed by atoms with E-state index in [0.717, 1.165) is 33.5 Å². The summed E-state index contributed by atoms with van der Waals surface area (Å²) in [5, 5.41) is 5.72. The number of hydrogen-bond acceptors (Lipinski definition) is 3. The first-order valence-electron chi connectivity index (χ1n) is 6.76. The Labute approximate surface area is 118 Å². The predicted molar refractivity (Wildman–Crippen MR) is 82.4 cm³/mol. The van der Waals surface area contributed by atoms with Gasteiger partial charge >= 0.3 is 0 Å². The fourth-order valence-corrected chi connectivity index (χ4v) is 2.62. The second kappa shape index (κ2) is 4.63. The van der Waals surface area contributed by atoms with E-state index in [-0.39, 0.29) is 0 Å². The zero-order chi connectivity index (χ0) is 14.3. The number of hydrogen-bond donors (Lipinski definition) is 1. The minimum absolute atomic E-state index is 0.325. The topological polar surface area (TPSA) is 56.7 Å². The highest BCUT2D eigenvalue weighted by Crippen LogP contribution is 2.35. The fraction of sp³-hybridized carbons (Fsp3) is 0.250. The maximum Gasteiger partial charge on any atom is 0.125 e. The van der Waals surface area contributed by atoms with Crippen molar-refractivity contribution in [2.45, 2.75) is 19.8 Å². The van der Waals surface area contributed by atoms with Gasteiger partial charge in [0, 0.05) is 29.8 Å². The van der Waals surface area contributed by atoms with Crippen molar-refractivity contribution in [3.63, 3.8) is 0 Å².